The molecule has 44 heavy (non-hydrogen) atoms. The fourth-order valence-electron chi connectivity index (χ4n) is 6.00. The second kappa shape index (κ2) is 10.7. The summed E-state index contributed by atoms with van der Waals surface area (Å²) in [6, 6.07) is 55.0. The molecule has 0 aliphatic heterocycles. The third-order valence-electron chi connectivity index (χ3n) is 8.33. The molecule has 4 heteroatoms. The third kappa shape index (κ3) is 4.50. The molecule has 6 aromatic carbocycles. The van der Waals surface area contributed by atoms with Gasteiger partial charge in [-0.3, -0.25) is 0 Å². The van der Waals surface area contributed by atoms with E-state index in [1.807, 2.05) is 91.0 Å². The standard InChI is InChI=1S/C40H27N2OP/c43-44(34-11-3-1-4-12-34,35-13-5-2-6-14-35)36-23-19-29(20-24-36)37-25-21-30-16-17-31-22-26-38(42-40(31)39(30)41-37)33-18-15-28-9-7-8-10-32(28)27-33/h1-27H. The van der Waals surface area contributed by atoms with Gasteiger partial charge in [-0.1, -0.05) is 146 Å². The molecular formula is C40H27N2OP. The number of aromatic nitrogens is 2. The maximum atomic E-state index is 14.8. The molecule has 3 nitrogen and oxygen atoms in total. The van der Waals surface area contributed by atoms with Crippen molar-refractivity contribution in [1.82, 2.24) is 9.97 Å². The van der Waals surface area contributed by atoms with E-state index in [1.165, 1.54) is 10.8 Å². The molecule has 0 N–H and O–H groups in total. The minimum absolute atomic E-state index is 0.798. The number of hydrogen-bond acceptors (Lipinski definition) is 3. The van der Waals surface area contributed by atoms with Crippen LogP contribution in [0.2, 0.25) is 0 Å². The van der Waals surface area contributed by atoms with E-state index < -0.39 is 7.14 Å². The Kier molecular flexibility index (Phi) is 6.40. The van der Waals surface area contributed by atoms with Crippen molar-refractivity contribution in [3.05, 3.63) is 164 Å². The Morgan fingerprint density at radius 1 is 0.364 bits per heavy atom. The highest BCUT2D eigenvalue weighted by Gasteiger charge is 2.29. The predicted octanol–water partition coefficient (Wildman–Crippen LogP) is 8.91. The number of nitrogens with zero attached hydrogens (tertiary/aromatic N) is 2. The lowest BCUT2D eigenvalue weighted by atomic mass is 10.0. The highest BCUT2D eigenvalue weighted by molar-refractivity contribution is 7.85. The minimum Gasteiger partial charge on any atom is -0.309 e. The highest BCUT2D eigenvalue weighted by atomic mass is 31.2. The van der Waals surface area contributed by atoms with Gasteiger partial charge in [-0.2, -0.15) is 0 Å². The lowest BCUT2D eigenvalue weighted by Crippen LogP contribution is -2.24. The zero-order valence-electron chi connectivity index (χ0n) is 23.8. The van der Waals surface area contributed by atoms with Crippen molar-refractivity contribution in [3.8, 4) is 22.5 Å². The third-order valence-corrected chi connectivity index (χ3v) is 11.4. The quantitative estimate of drug-likeness (QED) is 0.150. The Morgan fingerprint density at radius 3 is 1.39 bits per heavy atom. The van der Waals surface area contributed by atoms with Crippen LogP contribution >= 0.6 is 7.14 Å². The topological polar surface area (TPSA) is 42.9 Å². The molecule has 0 saturated heterocycles. The van der Waals surface area contributed by atoms with E-state index in [0.29, 0.717) is 0 Å². The van der Waals surface area contributed by atoms with Gasteiger partial charge in [0, 0.05) is 37.8 Å². The minimum atomic E-state index is -3.04. The monoisotopic (exact) mass is 582 g/mol. The van der Waals surface area contributed by atoms with E-state index in [9.17, 15) is 4.57 Å². The zero-order chi connectivity index (χ0) is 29.5. The molecule has 8 rings (SSSR count). The van der Waals surface area contributed by atoms with Crippen LogP contribution in [0.25, 0.3) is 55.1 Å². The first-order valence-corrected chi connectivity index (χ1v) is 16.4. The van der Waals surface area contributed by atoms with E-state index in [1.54, 1.807) is 0 Å². The first-order chi connectivity index (χ1) is 21.7. The predicted molar refractivity (Wildman–Crippen MR) is 185 cm³/mol. The van der Waals surface area contributed by atoms with Gasteiger partial charge < -0.3 is 4.57 Å². The SMILES string of the molecule is O=P(c1ccccc1)(c1ccccc1)c1ccc(-c2ccc3ccc4ccc(-c5ccc6ccccc6c5)nc4c3n2)cc1. The molecule has 208 valence electrons. The summed E-state index contributed by atoms with van der Waals surface area (Å²) in [6.45, 7) is 0. The molecule has 0 aliphatic rings. The number of hydrogen-bond donors (Lipinski definition) is 0. The van der Waals surface area contributed by atoms with Crippen LogP contribution in [0.15, 0.2) is 164 Å². The highest BCUT2D eigenvalue weighted by Crippen LogP contribution is 2.42. The first-order valence-electron chi connectivity index (χ1n) is 14.7. The van der Waals surface area contributed by atoms with Gasteiger partial charge in [-0.05, 0) is 29.0 Å². The van der Waals surface area contributed by atoms with E-state index in [0.717, 1.165) is 60.2 Å². The summed E-state index contributed by atoms with van der Waals surface area (Å²) in [6.07, 6.45) is 0. The Labute approximate surface area is 255 Å². The molecule has 0 unspecified atom stereocenters. The van der Waals surface area contributed by atoms with Gasteiger partial charge in [0.25, 0.3) is 0 Å². The van der Waals surface area contributed by atoms with Gasteiger partial charge in [0.15, 0.2) is 7.14 Å². The number of rotatable bonds is 5. The van der Waals surface area contributed by atoms with Crippen molar-refractivity contribution in [1.29, 1.82) is 0 Å². The summed E-state index contributed by atoms with van der Waals surface area (Å²) < 4.78 is 14.8. The van der Waals surface area contributed by atoms with E-state index in [-0.39, 0.29) is 0 Å². The largest absolute Gasteiger partial charge is 0.309 e. The summed E-state index contributed by atoms with van der Waals surface area (Å²) in [5, 5.41) is 6.94. The summed E-state index contributed by atoms with van der Waals surface area (Å²) in [7, 11) is -3.04. The molecule has 0 fully saturated rings. The summed E-state index contributed by atoms with van der Waals surface area (Å²) >= 11 is 0. The van der Waals surface area contributed by atoms with Crippen LogP contribution in [0.4, 0.5) is 0 Å². The van der Waals surface area contributed by atoms with Crippen molar-refractivity contribution < 1.29 is 4.57 Å². The van der Waals surface area contributed by atoms with E-state index in [4.69, 9.17) is 9.97 Å². The molecule has 8 aromatic rings. The zero-order valence-corrected chi connectivity index (χ0v) is 24.7. The molecule has 2 aromatic heterocycles. The molecule has 0 aliphatic carbocycles. The van der Waals surface area contributed by atoms with Crippen molar-refractivity contribution in [2.75, 3.05) is 0 Å². The Bertz CT molecular complexity index is 2310. The Balaban J connectivity index is 1.21. The molecular weight excluding hydrogens is 555 g/mol. The van der Waals surface area contributed by atoms with Gasteiger partial charge in [0.2, 0.25) is 0 Å². The molecule has 0 bridgehead atoms. The number of pyridine rings is 2. The number of benzene rings is 6. The first kappa shape index (κ1) is 26.3. The summed E-state index contributed by atoms with van der Waals surface area (Å²) in [5.74, 6) is 0. The van der Waals surface area contributed by atoms with Crippen LogP contribution in [-0.4, -0.2) is 9.97 Å². The summed E-state index contributed by atoms with van der Waals surface area (Å²) in [5.41, 5.74) is 5.56. The number of fused-ring (bicyclic) bond motifs is 4. The lowest BCUT2D eigenvalue weighted by molar-refractivity contribution is 0.592. The van der Waals surface area contributed by atoms with Gasteiger partial charge in [0.05, 0.1) is 22.4 Å². The Hall–Kier alpha value is -5.37. The molecule has 0 saturated carbocycles. The van der Waals surface area contributed by atoms with Crippen molar-refractivity contribution in [2.45, 2.75) is 0 Å². The fraction of sp³-hybridized carbons (Fsp3) is 0. The normalized spacial score (nSPS) is 11.7. The van der Waals surface area contributed by atoms with E-state index >= 15 is 0 Å². The van der Waals surface area contributed by atoms with Crippen LogP contribution in [0, 0.1) is 0 Å². The van der Waals surface area contributed by atoms with Crippen LogP contribution in [0.1, 0.15) is 0 Å². The van der Waals surface area contributed by atoms with Crippen LogP contribution in [0.5, 0.6) is 0 Å². The van der Waals surface area contributed by atoms with Gasteiger partial charge in [-0.25, -0.2) is 9.97 Å². The van der Waals surface area contributed by atoms with Crippen molar-refractivity contribution >= 4 is 55.6 Å². The molecule has 0 radical (unpaired) electrons. The van der Waals surface area contributed by atoms with Crippen LogP contribution < -0.4 is 15.9 Å². The van der Waals surface area contributed by atoms with Crippen LogP contribution in [-0.2, 0) is 4.57 Å². The van der Waals surface area contributed by atoms with Gasteiger partial charge in [-0.15, -0.1) is 0 Å². The summed E-state index contributed by atoms with van der Waals surface area (Å²) in [4.78, 5) is 10.3. The molecule has 0 atom stereocenters. The van der Waals surface area contributed by atoms with Crippen molar-refractivity contribution in [2.24, 2.45) is 0 Å². The average Bonchev–Trinajstić information content (AvgIpc) is 3.11. The maximum Gasteiger partial charge on any atom is 0.171 e. The smallest absolute Gasteiger partial charge is 0.171 e. The fourth-order valence-corrected chi connectivity index (χ4v) is 8.65. The second-order valence-corrected chi connectivity index (χ2v) is 13.8. The second-order valence-electron chi connectivity index (χ2n) is 11.0. The average molecular weight is 583 g/mol. The molecule has 0 amide bonds. The van der Waals surface area contributed by atoms with Crippen LogP contribution in [0.3, 0.4) is 0 Å². The lowest BCUT2D eigenvalue weighted by Gasteiger charge is -2.20. The maximum absolute atomic E-state index is 14.8. The van der Waals surface area contributed by atoms with E-state index in [2.05, 4.69) is 72.8 Å². The molecule has 2 heterocycles. The van der Waals surface area contributed by atoms with Crippen molar-refractivity contribution in [3.63, 3.8) is 0 Å². The van der Waals surface area contributed by atoms with Gasteiger partial charge >= 0.3 is 0 Å². The molecule has 0 spiro atoms. The van der Waals surface area contributed by atoms with Gasteiger partial charge in [0.1, 0.15) is 0 Å². The Morgan fingerprint density at radius 2 is 0.795 bits per heavy atom.